The van der Waals surface area contributed by atoms with Gasteiger partial charge in [0.15, 0.2) is 0 Å². The lowest BCUT2D eigenvalue weighted by Crippen LogP contribution is -2.40. The molecule has 0 aliphatic carbocycles. The quantitative estimate of drug-likeness (QED) is 0.899. The van der Waals surface area contributed by atoms with Gasteiger partial charge in [0, 0.05) is 38.3 Å². The van der Waals surface area contributed by atoms with Crippen LogP contribution in [0.3, 0.4) is 0 Å². The number of hydrogen-bond donors (Lipinski definition) is 1. The zero-order valence-corrected chi connectivity index (χ0v) is 15.9. The molecule has 2 aliphatic rings. The largest absolute Gasteiger partial charge is 0.492 e. The number of aliphatic hydroxyl groups is 1. The maximum Gasteiger partial charge on any atom is 0.126 e. The van der Waals surface area contributed by atoms with E-state index in [1.165, 1.54) is 0 Å². The van der Waals surface area contributed by atoms with Gasteiger partial charge in [0.1, 0.15) is 18.1 Å². The van der Waals surface area contributed by atoms with E-state index in [0.29, 0.717) is 6.61 Å². The van der Waals surface area contributed by atoms with Crippen LogP contribution in [0.2, 0.25) is 0 Å². The predicted octanol–water partition coefficient (Wildman–Crippen LogP) is 3.10. The van der Waals surface area contributed by atoms with Gasteiger partial charge >= 0.3 is 0 Å². The molecular weight excluding hydrogens is 340 g/mol. The van der Waals surface area contributed by atoms with Crippen LogP contribution < -0.4 is 4.74 Å². The van der Waals surface area contributed by atoms with Crippen molar-refractivity contribution in [1.82, 2.24) is 9.80 Å². The summed E-state index contributed by atoms with van der Waals surface area (Å²) in [5.74, 6) is 1.81. The molecule has 2 aromatic rings. The molecule has 4 rings (SSSR count). The van der Waals surface area contributed by atoms with Gasteiger partial charge in [0.2, 0.25) is 0 Å². The lowest BCUT2D eigenvalue weighted by atomic mass is 9.84. The van der Waals surface area contributed by atoms with Crippen LogP contribution in [0, 0.1) is 0 Å². The fourth-order valence-electron chi connectivity index (χ4n) is 3.87. The van der Waals surface area contributed by atoms with Crippen LogP contribution in [-0.4, -0.2) is 54.7 Å². The van der Waals surface area contributed by atoms with Gasteiger partial charge in [0.05, 0.1) is 11.9 Å². The molecule has 1 saturated heterocycles. The Morgan fingerprint density at radius 3 is 2.81 bits per heavy atom. The number of piperidine rings is 1. The molecule has 0 saturated carbocycles. The zero-order chi connectivity index (χ0) is 18.7. The second kappa shape index (κ2) is 7.89. The predicted molar refractivity (Wildman–Crippen MR) is 106 cm³/mol. The first kappa shape index (κ1) is 18.3. The van der Waals surface area contributed by atoms with Crippen LogP contribution in [0.1, 0.15) is 29.7 Å². The van der Waals surface area contributed by atoms with E-state index in [0.717, 1.165) is 68.2 Å². The van der Waals surface area contributed by atoms with E-state index in [1.54, 1.807) is 6.26 Å². The number of rotatable bonds is 4. The van der Waals surface area contributed by atoms with E-state index in [9.17, 15) is 5.11 Å². The topological polar surface area (TPSA) is 49.1 Å². The van der Waals surface area contributed by atoms with Crippen molar-refractivity contribution in [1.29, 1.82) is 0 Å². The number of fused-ring (bicyclic) bond motifs is 1. The Bertz CT molecular complexity index is 777. The summed E-state index contributed by atoms with van der Waals surface area (Å²) in [6.07, 6.45) is 7.37. The normalized spacial score (nSPS) is 21.0. The zero-order valence-electron chi connectivity index (χ0n) is 15.9. The van der Waals surface area contributed by atoms with Gasteiger partial charge in [-0.3, -0.25) is 4.90 Å². The van der Waals surface area contributed by atoms with Crippen molar-refractivity contribution in [3.8, 4) is 5.75 Å². The number of nitrogens with zero attached hydrogens (tertiary/aromatic N) is 2. The summed E-state index contributed by atoms with van der Waals surface area (Å²) in [5.41, 5.74) is 1.45. The molecule has 0 spiro atoms. The van der Waals surface area contributed by atoms with Crippen molar-refractivity contribution in [2.75, 3.05) is 39.8 Å². The molecule has 1 aromatic carbocycles. The maximum absolute atomic E-state index is 11.1. The summed E-state index contributed by atoms with van der Waals surface area (Å²) < 4.78 is 11.3. The Morgan fingerprint density at radius 1 is 1.19 bits per heavy atom. The number of benzene rings is 1. The van der Waals surface area contributed by atoms with Crippen LogP contribution in [0.5, 0.6) is 5.75 Å². The minimum atomic E-state index is -0.724. The fourth-order valence-corrected chi connectivity index (χ4v) is 3.87. The highest BCUT2D eigenvalue weighted by atomic mass is 16.5. The smallest absolute Gasteiger partial charge is 0.126 e. The number of ether oxygens (including phenoxy) is 1. The van der Waals surface area contributed by atoms with E-state index in [1.807, 2.05) is 30.3 Å². The minimum absolute atomic E-state index is 0.677. The van der Waals surface area contributed by atoms with Crippen molar-refractivity contribution in [2.45, 2.75) is 25.0 Å². The van der Waals surface area contributed by atoms with E-state index in [-0.39, 0.29) is 0 Å². The third-order valence-corrected chi connectivity index (χ3v) is 5.66. The van der Waals surface area contributed by atoms with Gasteiger partial charge < -0.3 is 19.2 Å². The molecule has 144 valence electrons. The lowest BCUT2D eigenvalue weighted by Gasteiger charge is -2.37. The van der Waals surface area contributed by atoms with Crippen LogP contribution >= 0.6 is 0 Å². The van der Waals surface area contributed by atoms with Crippen LogP contribution in [0.15, 0.2) is 47.1 Å². The van der Waals surface area contributed by atoms with Crippen molar-refractivity contribution >= 4 is 6.08 Å². The maximum atomic E-state index is 11.1. The van der Waals surface area contributed by atoms with E-state index in [4.69, 9.17) is 9.15 Å². The van der Waals surface area contributed by atoms with Crippen molar-refractivity contribution in [3.63, 3.8) is 0 Å². The third-order valence-electron chi connectivity index (χ3n) is 5.66. The van der Waals surface area contributed by atoms with Gasteiger partial charge in [-0.25, -0.2) is 0 Å². The molecule has 0 radical (unpaired) electrons. The second-order valence-corrected chi connectivity index (χ2v) is 7.66. The Morgan fingerprint density at radius 2 is 2.04 bits per heavy atom. The van der Waals surface area contributed by atoms with Gasteiger partial charge in [-0.1, -0.05) is 12.1 Å². The summed E-state index contributed by atoms with van der Waals surface area (Å²) in [5, 5.41) is 11.1. The Hall–Kier alpha value is -2.08. The van der Waals surface area contributed by atoms with Crippen molar-refractivity contribution in [3.05, 3.63) is 59.6 Å². The van der Waals surface area contributed by atoms with Crippen LogP contribution in [0.4, 0.5) is 0 Å². The minimum Gasteiger partial charge on any atom is -0.492 e. The second-order valence-electron chi connectivity index (χ2n) is 7.66. The summed E-state index contributed by atoms with van der Waals surface area (Å²) in [4.78, 5) is 4.63. The van der Waals surface area contributed by atoms with Crippen LogP contribution in [0.25, 0.3) is 6.08 Å². The molecular formula is C22H28N2O3. The van der Waals surface area contributed by atoms with E-state index < -0.39 is 5.60 Å². The summed E-state index contributed by atoms with van der Waals surface area (Å²) >= 11 is 0. The van der Waals surface area contributed by atoms with Gasteiger partial charge in [0.25, 0.3) is 0 Å². The van der Waals surface area contributed by atoms with Gasteiger partial charge in [-0.2, -0.15) is 0 Å². The SMILES string of the molecule is CN1CCC(O)(c2ccc3c(c2)CN(C/C=C/c2ccco2)CCO3)CC1. The average molecular weight is 368 g/mol. The molecule has 27 heavy (non-hydrogen) atoms. The Kier molecular flexibility index (Phi) is 5.34. The van der Waals surface area contributed by atoms with E-state index >= 15 is 0 Å². The Labute approximate surface area is 160 Å². The number of furan rings is 1. The third kappa shape index (κ3) is 4.26. The highest BCUT2D eigenvalue weighted by molar-refractivity contribution is 5.43. The number of hydrogen-bond acceptors (Lipinski definition) is 5. The monoisotopic (exact) mass is 368 g/mol. The summed E-state index contributed by atoms with van der Waals surface area (Å²) in [6, 6.07) is 10.1. The van der Waals surface area contributed by atoms with E-state index in [2.05, 4.69) is 29.0 Å². The standard InChI is InChI=1S/C22H28N2O3/c1-23-11-8-22(25,9-12-23)19-6-7-21-18(16-19)17-24(13-15-27-21)10-2-4-20-5-3-14-26-20/h2-7,14,16,25H,8-13,15,17H2,1H3/b4-2+. The van der Waals surface area contributed by atoms with Gasteiger partial charge in [-0.05, 0) is 55.8 Å². The number of likely N-dealkylation sites (tertiary alicyclic amines) is 1. The molecule has 0 amide bonds. The first-order chi connectivity index (χ1) is 13.1. The fraction of sp³-hybridized carbons (Fsp3) is 0.455. The first-order valence-corrected chi connectivity index (χ1v) is 9.72. The van der Waals surface area contributed by atoms with Gasteiger partial charge in [-0.15, -0.1) is 0 Å². The molecule has 2 aliphatic heterocycles. The molecule has 5 heteroatoms. The molecule has 1 aromatic heterocycles. The summed E-state index contributed by atoms with van der Waals surface area (Å²) in [7, 11) is 2.11. The van der Waals surface area contributed by atoms with Crippen LogP contribution in [-0.2, 0) is 12.1 Å². The molecule has 0 bridgehead atoms. The molecule has 0 atom stereocenters. The highest BCUT2D eigenvalue weighted by Crippen LogP contribution is 2.35. The molecule has 3 heterocycles. The average Bonchev–Trinajstić information content (AvgIpc) is 3.10. The lowest BCUT2D eigenvalue weighted by molar-refractivity contribution is -0.0204. The van der Waals surface area contributed by atoms with Crippen molar-refractivity contribution in [2.24, 2.45) is 0 Å². The molecule has 5 nitrogen and oxygen atoms in total. The Balaban J connectivity index is 1.47. The van der Waals surface area contributed by atoms with Crippen molar-refractivity contribution < 1.29 is 14.3 Å². The molecule has 1 fully saturated rings. The highest BCUT2D eigenvalue weighted by Gasteiger charge is 2.33. The molecule has 0 unspecified atom stereocenters. The first-order valence-electron chi connectivity index (χ1n) is 9.72. The summed E-state index contributed by atoms with van der Waals surface area (Å²) in [6.45, 7) is 5.06. The molecule has 1 N–H and O–H groups in total.